The standard InChI is InChI=1S/C31H28F2O2/c1-3-34-28-17-9-23(10-18-28)30(21-22-5-13-26(32)14-6-22)31(24-7-15-27(33)16-8-24)25-11-19-29(20-12-25)35-4-2/h5-20H,3-4,21H2,1-2H3/b31-30+. The third kappa shape index (κ3) is 6.15. The van der Waals surface area contributed by atoms with Crippen LogP contribution in [0.4, 0.5) is 8.78 Å². The van der Waals surface area contributed by atoms with Crippen molar-refractivity contribution < 1.29 is 18.3 Å². The molecule has 0 heterocycles. The molecule has 0 fully saturated rings. The summed E-state index contributed by atoms with van der Waals surface area (Å²) in [6.07, 6.45) is 0.564. The molecule has 4 aromatic carbocycles. The molecule has 35 heavy (non-hydrogen) atoms. The summed E-state index contributed by atoms with van der Waals surface area (Å²) in [5, 5.41) is 0. The molecular weight excluding hydrogens is 442 g/mol. The topological polar surface area (TPSA) is 18.5 Å². The van der Waals surface area contributed by atoms with Crippen LogP contribution in [0.2, 0.25) is 0 Å². The summed E-state index contributed by atoms with van der Waals surface area (Å²) >= 11 is 0. The largest absolute Gasteiger partial charge is 0.494 e. The fourth-order valence-electron chi connectivity index (χ4n) is 4.08. The predicted octanol–water partition coefficient (Wildman–Crippen LogP) is 7.96. The van der Waals surface area contributed by atoms with E-state index in [1.165, 1.54) is 24.3 Å². The van der Waals surface area contributed by atoms with Gasteiger partial charge in [-0.25, -0.2) is 8.78 Å². The molecule has 0 saturated heterocycles. The minimum Gasteiger partial charge on any atom is -0.494 e. The number of benzene rings is 4. The molecule has 0 aliphatic rings. The minimum atomic E-state index is -0.291. The van der Waals surface area contributed by atoms with Gasteiger partial charge in [-0.05, 0) is 102 Å². The molecule has 0 saturated carbocycles. The summed E-state index contributed by atoms with van der Waals surface area (Å²) in [4.78, 5) is 0. The summed E-state index contributed by atoms with van der Waals surface area (Å²) < 4.78 is 38.7. The summed E-state index contributed by atoms with van der Waals surface area (Å²) in [5.74, 6) is 1.02. The monoisotopic (exact) mass is 470 g/mol. The van der Waals surface area contributed by atoms with E-state index in [4.69, 9.17) is 9.47 Å². The van der Waals surface area contributed by atoms with Gasteiger partial charge >= 0.3 is 0 Å². The van der Waals surface area contributed by atoms with Crippen LogP contribution >= 0.6 is 0 Å². The Morgan fingerprint density at radius 1 is 0.543 bits per heavy atom. The lowest BCUT2D eigenvalue weighted by Gasteiger charge is -2.19. The molecule has 0 atom stereocenters. The molecule has 4 rings (SSSR count). The van der Waals surface area contributed by atoms with Gasteiger partial charge in [-0.1, -0.05) is 48.5 Å². The normalized spacial score (nSPS) is 11.7. The summed E-state index contributed by atoms with van der Waals surface area (Å²) in [6, 6.07) is 28.9. The van der Waals surface area contributed by atoms with Gasteiger partial charge in [0.05, 0.1) is 13.2 Å². The summed E-state index contributed by atoms with van der Waals surface area (Å²) in [5.41, 5.74) is 5.86. The highest BCUT2D eigenvalue weighted by Crippen LogP contribution is 2.36. The molecular formula is C31H28F2O2. The lowest BCUT2D eigenvalue weighted by molar-refractivity contribution is 0.340. The van der Waals surface area contributed by atoms with E-state index in [0.717, 1.165) is 44.9 Å². The van der Waals surface area contributed by atoms with E-state index in [1.54, 1.807) is 24.3 Å². The lowest BCUT2D eigenvalue weighted by atomic mass is 9.86. The number of allylic oxidation sites excluding steroid dienone is 1. The van der Waals surface area contributed by atoms with Crippen LogP contribution in [0.15, 0.2) is 97.1 Å². The van der Waals surface area contributed by atoms with E-state index in [2.05, 4.69) is 0 Å². The Kier molecular flexibility index (Phi) is 7.94. The number of hydrogen-bond acceptors (Lipinski definition) is 2. The smallest absolute Gasteiger partial charge is 0.123 e. The molecule has 0 aromatic heterocycles. The van der Waals surface area contributed by atoms with Gasteiger partial charge in [-0.2, -0.15) is 0 Å². The van der Waals surface area contributed by atoms with E-state index in [-0.39, 0.29) is 11.6 Å². The maximum Gasteiger partial charge on any atom is 0.123 e. The second kappa shape index (κ2) is 11.5. The van der Waals surface area contributed by atoms with Gasteiger partial charge in [0, 0.05) is 0 Å². The van der Waals surface area contributed by atoms with E-state index < -0.39 is 0 Å². The van der Waals surface area contributed by atoms with Gasteiger partial charge in [0.1, 0.15) is 23.1 Å². The van der Waals surface area contributed by atoms with E-state index in [9.17, 15) is 8.78 Å². The van der Waals surface area contributed by atoms with Gasteiger partial charge in [0.25, 0.3) is 0 Å². The Labute approximate surface area is 205 Å². The first-order chi connectivity index (χ1) is 17.1. The average molecular weight is 471 g/mol. The van der Waals surface area contributed by atoms with Crippen LogP contribution in [0.1, 0.15) is 36.1 Å². The number of hydrogen-bond donors (Lipinski definition) is 0. The molecule has 4 aromatic rings. The average Bonchev–Trinajstić information content (AvgIpc) is 2.88. The second-order valence-electron chi connectivity index (χ2n) is 8.08. The Morgan fingerprint density at radius 2 is 0.943 bits per heavy atom. The summed E-state index contributed by atoms with van der Waals surface area (Å²) in [6.45, 7) is 5.07. The number of halogens is 2. The SMILES string of the molecule is CCOc1ccc(/C(Cc2ccc(F)cc2)=C(\c2ccc(F)cc2)c2ccc(OCC)cc2)cc1. The van der Waals surface area contributed by atoms with Crippen molar-refractivity contribution >= 4 is 11.1 Å². The van der Waals surface area contributed by atoms with Gasteiger partial charge in [-0.15, -0.1) is 0 Å². The Bertz CT molecular complexity index is 1260. The highest BCUT2D eigenvalue weighted by Gasteiger charge is 2.16. The van der Waals surface area contributed by atoms with Crippen molar-refractivity contribution in [2.75, 3.05) is 13.2 Å². The van der Waals surface area contributed by atoms with Crippen molar-refractivity contribution in [3.8, 4) is 11.5 Å². The molecule has 178 valence electrons. The van der Waals surface area contributed by atoms with E-state index >= 15 is 0 Å². The molecule has 0 aliphatic heterocycles. The highest BCUT2D eigenvalue weighted by atomic mass is 19.1. The molecule has 0 bridgehead atoms. The van der Waals surface area contributed by atoms with Crippen LogP contribution in [0.3, 0.4) is 0 Å². The molecule has 4 heteroatoms. The highest BCUT2D eigenvalue weighted by molar-refractivity contribution is 5.99. The lowest BCUT2D eigenvalue weighted by Crippen LogP contribution is -2.00. The maximum absolute atomic E-state index is 13.8. The Hall–Kier alpha value is -3.92. The van der Waals surface area contributed by atoms with Crippen molar-refractivity contribution in [2.45, 2.75) is 20.3 Å². The molecule has 0 N–H and O–H groups in total. The quantitative estimate of drug-likeness (QED) is 0.231. The van der Waals surface area contributed by atoms with Crippen molar-refractivity contribution in [3.63, 3.8) is 0 Å². The zero-order valence-corrected chi connectivity index (χ0v) is 19.9. The Morgan fingerprint density at radius 3 is 1.40 bits per heavy atom. The summed E-state index contributed by atoms with van der Waals surface area (Å²) in [7, 11) is 0. The first-order valence-corrected chi connectivity index (χ1v) is 11.8. The Balaban J connectivity index is 1.92. The number of ether oxygens (including phenoxy) is 2. The van der Waals surface area contributed by atoms with Gasteiger partial charge in [-0.3, -0.25) is 0 Å². The van der Waals surface area contributed by atoms with Crippen molar-refractivity contribution in [1.29, 1.82) is 0 Å². The zero-order valence-electron chi connectivity index (χ0n) is 19.9. The number of rotatable bonds is 9. The first-order valence-electron chi connectivity index (χ1n) is 11.8. The van der Waals surface area contributed by atoms with Gasteiger partial charge in [0.15, 0.2) is 0 Å². The van der Waals surface area contributed by atoms with Crippen LogP contribution < -0.4 is 9.47 Å². The van der Waals surface area contributed by atoms with E-state index in [0.29, 0.717) is 19.6 Å². The molecule has 2 nitrogen and oxygen atoms in total. The molecule has 0 spiro atoms. The fraction of sp³-hybridized carbons (Fsp3) is 0.161. The van der Waals surface area contributed by atoms with Crippen molar-refractivity contribution in [1.82, 2.24) is 0 Å². The molecule has 0 amide bonds. The van der Waals surface area contributed by atoms with Crippen LogP contribution in [0.5, 0.6) is 11.5 Å². The maximum atomic E-state index is 13.8. The van der Waals surface area contributed by atoms with Crippen LogP contribution in [-0.2, 0) is 6.42 Å². The molecule has 0 radical (unpaired) electrons. The van der Waals surface area contributed by atoms with E-state index in [1.807, 2.05) is 62.4 Å². The minimum absolute atomic E-state index is 0.273. The van der Waals surface area contributed by atoms with Crippen LogP contribution in [-0.4, -0.2) is 13.2 Å². The van der Waals surface area contributed by atoms with Crippen molar-refractivity contribution in [3.05, 3.63) is 131 Å². The van der Waals surface area contributed by atoms with Crippen LogP contribution in [0, 0.1) is 11.6 Å². The molecule has 0 aliphatic carbocycles. The fourth-order valence-corrected chi connectivity index (χ4v) is 4.08. The third-order valence-electron chi connectivity index (χ3n) is 5.70. The first kappa shape index (κ1) is 24.2. The second-order valence-corrected chi connectivity index (χ2v) is 8.08. The third-order valence-corrected chi connectivity index (χ3v) is 5.70. The zero-order chi connectivity index (χ0) is 24.6. The van der Waals surface area contributed by atoms with Crippen LogP contribution in [0.25, 0.3) is 11.1 Å². The van der Waals surface area contributed by atoms with Gasteiger partial charge < -0.3 is 9.47 Å². The predicted molar refractivity (Wildman–Crippen MR) is 138 cm³/mol. The van der Waals surface area contributed by atoms with Gasteiger partial charge in [0.2, 0.25) is 0 Å². The van der Waals surface area contributed by atoms with Crippen molar-refractivity contribution in [2.24, 2.45) is 0 Å². The molecule has 0 unspecified atom stereocenters.